The average Bonchev–Trinajstić information content (AvgIpc) is 2.47. The van der Waals surface area contributed by atoms with Crippen LogP contribution in [0, 0.1) is 6.92 Å². The summed E-state index contributed by atoms with van der Waals surface area (Å²) < 4.78 is 0. The Morgan fingerprint density at radius 3 is 2.90 bits per heavy atom. The summed E-state index contributed by atoms with van der Waals surface area (Å²) in [6, 6.07) is 11.8. The number of hydrogen-bond donors (Lipinski definition) is 2. The molecule has 1 heterocycles. The van der Waals surface area contributed by atoms with E-state index < -0.39 is 5.97 Å². The van der Waals surface area contributed by atoms with Gasteiger partial charge in [-0.15, -0.1) is 0 Å². The molecule has 0 amide bonds. The van der Waals surface area contributed by atoms with Crippen LogP contribution in [0.2, 0.25) is 0 Å². The quantitative estimate of drug-likeness (QED) is 0.903. The van der Waals surface area contributed by atoms with Gasteiger partial charge in [0.15, 0.2) is 0 Å². The molecule has 2 N–H and O–H groups in total. The van der Waals surface area contributed by atoms with Crippen LogP contribution in [0.5, 0.6) is 0 Å². The minimum Gasteiger partial charge on any atom is -0.478 e. The smallest absolute Gasteiger partial charge is 0.339 e. The number of carboxylic acid groups (broad SMARTS) is 1. The zero-order chi connectivity index (χ0) is 14.8. The van der Waals surface area contributed by atoms with Gasteiger partial charge in [-0.2, -0.15) is 0 Å². The van der Waals surface area contributed by atoms with Crippen LogP contribution >= 0.6 is 0 Å². The molecule has 108 valence electrons. The summed E-state index contributed by atoms with van der Waals surface area (Å²) in [4.78, 5) is 15.7. The summed E-state index contributed by atoms with van der Waals surface area (Å²) in [6.07, 6.45) is 3.18. The van der Waals surface area contributed by atoms with Crippen molar-refractivity contribution in [3.8, 4) is 0 Å². The van der Waals surface area contributed by atoms with Gasteiger partial charge in [0.2, 0.25) is 0 Å². The lowest BCUT2D eigenvalue weighted by molar-refractivity contribution is 0.0697. The molecule has 1 atom stereocenters. The summed E-state index contributed by atoms with van der Waals surface area (Å²) in [5.74, 6) is -0.488. The van der Waals surface area contributed by atoms with Gasteiger partial charge < -0.3 is 10.4 Å². The highest BCUT2D eigenvalue weighted by atomic mass is 16.4. The van der Waals surface area contributed by atoms with Crippen molar-refractivity contribution in [3.63, 3.8) is 0 Å². The maximum Gasteiger partial charge on any atom is 0.339 e. The molecule has 1 aromatic carbocycles. The van der Waals surface area contributed by atoms with Crippen molar-refractivity contribution < 1.29 is 9.90 Å². The van der Waals surface area contributed by atoms with Gasteiger partial charge in [-0.3, -0.25) is 0 Å². The molecular weight excluding hydrogens is 264 g/mol. The second-order valence-electron chi connectivity index (χ2n) is 5.44. The maximum atomic E-state index is 11.3. The standard InChI is InChI=1S/C17H18N2O2/c1-11-9-10-14(17(20)21)16(18-11)19-15-8-4-6-12-5-2-3-7-13(12)15/h2-3,5,7,9-10,15H,4,6,8H2,1H3,(H,18,19)(H,20,21). The fourth-order valence-corrected chi connectivity index (χ4v) is 2.91. The molecule has 0 radical (unpaired) electrons. The number of pyridine rings is 1. The average molecular weight is 282 g/mol. The number of carbonyl (C=O) groups is 1. The number of aryl methyl sites for hydroxylation is 2. The maximum absolute atomic E-state index is 11.3. The van der Waals surface area contributed by atoms with Gasteiger partial charge in [-0.25, -0.2) is 9.78 Å². The third-order valence-electron chi connectivity index (χ3n) is 3.95. The summed E-state index contributed by atoms with van der Waals surface area (Å²) in [5.41, 5.74) is 3.63. The number of nitrogens with zero attached hydrogens (tertiary/aromatic N) is 1. The third kappa shape index (κ3) is 2.75. The third-order valence-corrected chi connectivity index (χ3v) is 3.95. The molecule has 2 aromatic rings. The lowest BCUT2D eigenvalue weighted by Gasteiger charge is -2.27. The molecule has 4 heteroatoms. The Bertz CT molecular complexity index is 682. The van der Waals surface area contributed by atoms with E-state index in [1.165, 1.54) is 11.1 Å². The van der Waals surface area contributed by atoms with Crippen LogP contribution in [0.3, 0.4) is 0 Å². The van der Waals surface area contributed by atoms with Crippen molar-refractivity contribution >= 4 is 11.8 Å². The Hall–Kier alpha value is -2.36. The number of nitrogens with one attached hydrogen (secondary N) is 1. The number of aromatic carboxylic acids is 1. The Balaban J connectivity index is 1.95. The van der Waals surface area contributed by atoms with Crippen molar-refractivity contribution in [2.24, 2.45) is 0 Å². The van der Waals surface area contributed by atoms with Crippen LogP contribution in [0.4, 0.5) is 5.82 Å². The van der Waals surface area contributed by atoms with E-state index in [1.54, 1.807) is 12.1 Å². The predicted molar refractivity (Wildman–Crippen MR) is 81.7 cm³/mol. The summed E-state index contributed by atoms with van der Waals surface area (Å²) in [7, 11) is 0. The van der Waals surface area contributed by atoms with E-state index in [9.17, 15) is 9.90 Å². The van der Waals surface area contributed by atoms with Gasteiger partial charge in [-0.05, 0) is 49.4 Å². The fraction of sp³-hybridized carbons (Fsp3) is 0.294. The second-order valence-corrected chi connectivity index (χ2v) is 5.44. The zero-order valence-corrected chi connectivity index (χ0v) is 12.0. The van der Waals surface area contributed by atoms with E-state index in [0.717, 1.165) is 25.0 Å². The normalized spacial score (nSPS) is 17.1. The molecule has 1 aliphatic rings. The Kier molecular flexibility index (Phi) is 3.60. The van der Waals surface area contributed by atoms with Crippen LogP contribution in [0.15, 0.2) is 36.4 Å². The lowest BCUT2D eigenvalue weighted by atomic mass is 9.87. The number of anilines is 1. The molecule has 0 saturated carbocycles. The zero-order valence-electron chi connectivity index (χ0n) is 12.0. The van der Waals surface area contributed by atoms with Crippen LogP contribution in [0.1, 0.15) is 46.1 Å². The van der Waals surface area contributed by atoms with Crippen LogP contribution < -0.4 is 5.32 Å². The lowest BCUT2D eigenvalue weighted by Crippen LogP contribution is -2.19. The number of rotatable bonds is 3. The highest BCUT2D eigenvalue weighted by Gasteiger charge is 2.22. The first-order valence-electron chi connectivity index (χ1n) is 7.20. The molecule has 0 saturated heterocycles. The largest absolute Gasteiger partial charge is 0.478 e. The van der Waals surface area contributed by atoms with Gasteiger partial charge in [0, 0.05) is 5.69 Å². The second kappa shape index (κ2) is 5.56. The summed E-state index contributed by atoms with van der Waals surface area (Å²) in [6.45, 7) is 1.87. The van der Waals surface area contributed by atoms with E-state index in [2.05, 4.69) is 28.5 Å². The molecule has 1 unspecified atom stereocenters. The molecule has 3 rings (SSSR count). The van der Waals surface area contributed by atoms with Crippen LogP contribution in [0.25, 0.3) is 0 Å². The van der Waals surface area contributed by atoms with E-state index in [1.807, 2.05) is 13.0 Å². The predicted octanol–water partition coefficient (Wildman–Crippen LogP) is 3.58. The first kappa shape index (κ1) is 13.6. The number of hydrogen-bond acceptors (Lipinski definition) is 3. The molecule has 0 aliphatic heterocycles. The number of benzene rings is 1. The van der Waals surface area contributed by atoms with E-state index in [4.69, 9.17) is 0 Å². The molecule has 1 aliphatic carbocycles. The molecule has 1 aromatic heterocycles. The van der Waals surface area contributed by atoms with Crippen molar-refractivity contribution in [1.82, 2.24) is 4.98 Å². The SMILES string of the molecule is Cc1ccc(C(=O)O)c(NC2CCCc3ccccc32)n1. The van der Waals surface area contributed by atoms with Crippen LogP contribution in [-0.4, -0.2) is 16.1 Å². The first-order valence-corrected chi connectivity index (χ1v) is 7.20. The first-order chi connectivity index (χ1) is 10.1. The summed E-state index contributed by atoms with van der Waals surface area (Å²) in [5, 5.41) is 12.6. The highest BCUT2D eigenvalue weighted by molar-refractivity contribution is 5.93. The Morgan fingerprint density at radius 1 is 1.29 bits per heavy atom. The van der Waals surface area contributed by atoms with Crippen molar-refractivity contribution in [3.05, 3.63) is 58.8 Å². The monoisotopic (exact) mass is 282 g/mol. The van der Waals surface area contributed by atoms with Crippen molar-refractivity contribution in [2.75, 3.05) is 5.32 Å². The molecule has 0 fully saturated rings. The fourth-order valence-electron chi connectivity index (χ4n) is 2.91. The van der Waals surface area contributed by atoms with Crippen LogP contribution in [-0.2, 0) is 6.42 Å². The van der Waals surface area contributed by atoms with Crippen molar-refractivity contribution in [1.29, 1.82) is 0 Å². The van der Waals surface area contributed by atoms with Gasteiger partial charge in [0.05, 0.1) is 6.04 Å². The van der Waals surface area contributed by atoms with Gasteiger partial charge >= 0.3 is 5.97 Å². The molecular formula is C17H18N2O2. The molecule has 0 bridgehead atoms. The molecule has 4 nitrogen and oxygen atoms in total. The summed E-state index contributed by atoms with van der Waals surface area (Å²) >= 11 is 0. The molecule has 0 spiro atoms. The Morgan fingerprint density at radius 2 is 2.10 bits per heavy atom. The molecule has 21 heavy (non-hydrogen) atoms. The van der Waals surface area contributed by atoms with Gasteiger partial charge in [0.25, 0.3) is 0 Å². The van der Waals surface area contributed by atoms with Crippen molar-refractivity contribution in [2.45, 2.75) is 32.2 Å². The Labute approximate surface area is 123 Å². The van der Waals surface area contributed by atoms with E-state index in [0.29, 0.717) is 5.82 Å². The topological polar surface area (TPSA) is 62.2 Å². The number of aromatic nitrogens is 1. The van der Waals surface area contributed by atoms with Gasteiger partial charge in [-0.1, -0.05) is 24.3 Å². The minimum absolute atomic E-state index is 0.127. The minimum atomic E-state index is -0.950. The highest BCUT2D eigenvalue weighted by Crippen LogP contribution is 2.32. The van der Waals surface area contributed by atoms with Gasteiger partial charge in [0.1, 0.15) is 11.4 Å². The van der Waals surface area contributed by atoms with E-state index in [-0.39, 0.29) is 11.6 Å². The number of carboxylic acids is 1. The van der Waals surface area contributed by atoms with E-state index >= 15 is 0 Å². The number of fused-ring (bicyclic) bond motifs is 1.